The number of nitrogens with zero attached hydrogens (tertiary/aromatic N) is 3. The zero-order valence-electron chi connectivity index (χ0n) is 18.2. The maximum Gasteiger partial charge on any atom is 0.161 e. The van der Waals surface area contributed by atoms with Gasteiger partial charge < -0.3 is 24.4 Å². The average molecular weight is 394 g/mol. The van der Waals surface area contributed by atoms with E-state index in [-0.39, 0.29) is 6.61 Å². The summed E-state index contributed by atoms with van der Waals surface area (Å²) in [7, 11) is 3.81. The van der Waals surface area contributed by atoms with Crippen molar-refractivity contribution in [3.8, 4) is 11.5 Å². The van der Waals surface area contributed by atoms with Crippen LogP contribution in [0.4, 0.5) is 0 Å². The van der Waals surface area contributed by atoms with Crippen molar-refractivity contribution >= 4 is 0 Å². The Morgan fingerprint density at radius 1 is 1.11 bits per heavy atom. The van der Waals surface area contributed by atoms with Crippen molar-refractivity contribution in [1.29, 1.82) is 0 Å². The van der Waals surface area contributed by atoms with Crippen LogP contribution in [-0.4, -0.2) is 92.5 Å². The van der Waals surface area contributed by atoms with E-state index < -0.39 is 6.10 Å². The molecule has 0 aliphatic carbocycles. The number of aliphatic hydroxyl groups excluding tert-OH is 1. The standard InChI is InChI=1S/C22H39N3O3/c1-5-7-10-23(3)16-19-8-9-21(22(15-19)27-4)28-18-20(26)17-25-13-11-24(6-2)12-14-25/h8-9,15,20,26H,5-7,10-14,16-18H2,1-4H3/t20-/m0/s1. The first kappa shape index (κ1) is 22.9. The second-order valence-electron chi connectivity index (χ2n) is 7.78. The van der Waals surface area contributed by atoms with Crippen LogP contribution in [0.3, 0.4) is 0 Å². The number of likely N-dealkylation sites (N-methyl/N-ethyl adjacent to an activating group) is 1. The van der Waals surface area contributed by atoms with Gasteiger partial charge in [-0.3, -0.25) is 4.90 Å². The van der Waals surface area contributed by atoms with E-state index in [2.05, 4.69) is 41.7 Å². The molecule has 1 saturated heterocycles. The van der Waals surface area contributed by atoms with Crippen LogP contribution in [0.5, 0.6) is 11.5 Å². The van der Waals surface area contributed by atoms with Crippen molar-refractivity contribution in [3.63, 3.8) is 0 Å². The van der Waals surface area contributed by atoms with Crippen molar-refractivity contribution in [2.45, 2.75) is 39.3 Å². The Kier molecular flexibility index (Phi) is 10.1. The second-order valence-corrected chi connectivity index (χ2v) is 7.78. The van der Waals surface area contributed by atoms with Gasteiger partial charge in [-0.05, 0) is 44.3 Å². The van der Waals surface area contributed by atoms with E-state index in [1.54, 1.807) is 7.11 Å². The Bertz CT molecular complexity index is 562. The maximum atomic E-state index is 10.4. The summed E-state index contributed by atoms with van der Waals surface area (Å²) >= 11 is 0. The summed E-state index contributed by atoms with van der Waals surface area (Å²) in [5.41, 5.74) is 1.21. The summed E-state index contributed by atoms with van der Waals surface area (Å²) in [4.78, 5) is 7.07. The van der Waals surface area contributed by atoms with Gasteiger partial charge in [0.15, 0.2) is 11.5 Å². The van der Waals surface area contributed by atoms with Crippen LogP contribution in [-0.2, 0) is 6.54 Å². The molecular formula is C22H39N3O3. The molecule has 1 aliphatic heterocycles. The lowest BCUT2D eigenvalue weighted by atomic mass is 10.2. The molecule has 0 radical (unpaired) electrons. The molecule has 1 N–H and O–H groups in total. The van der Waals surface area contributed by atoms with Crippen LogP contribution < -0.4 is 9.47 Å². The summed E-state index contributed by atoms with van der Waals surface area (Å²) in [5.74, 6) is 1.42. The summed E-state index contributed by atoms with van der Waals surface area (Å²) in [6, 6.07) is 6.07. The fraction of sp³-hybridized carbons (Fsp3) is 0.727. The van der Waals surface area contributed by atoms with Gasteiger partial charge in [-0.25, -0.2) is 0 Å². The average Bonchev–Trinajstić information content (AvgIpc) is 2.71. The number of benzene rings is 1. The minimum Gasteiger partial charge on any atom is -0.493 e. The molecule has 0 aromatic heterocycles. The van der Waals surface area contributed by atoms with E-state index in [0.717, 1.165) is 51.6 Å². The Balaban J connectivity index is 1.81. The number of hydrogen-bond donors (Lipinski definition) is 1. The Morgan fingerprint density at radius 3 is 2.46 bits per heavy atom. The summed E-state index contributed by atoms with van der Waals surface area (Å²) in [6.07, 6.45) is 1.91. The third-order valence-corrected chi connectivity index (χ3v) is 5.39. The van der Waals surface area contributed by atoms with Crippen molar-refractivity contribution in [2.24, 2.45) is 0 Å². The van der Waals surface area contributed by atoms with E-state index in [1.165, 1.54) is 18.4 Å². The first-order valence-corrected chi connectivity index (χ1v) is 10.7. The smallest absolute Gasteiger partial charge is 0.161 e. The van der Waals surface area contributed by atoms with Gasteiger partial charge in [0.2, 0.25) is 0 Å². The Hall–Kier alpha value is -1.34. The fourth-order valence-electron chi connectivity index (χ4n) is 3.57. The van der Waals surface area contributed by atoms with Gasteiger partial charge in [-0.1, -0.05) is 26.3 Å². The molecular weight excluding hydrogens is 354 g/mol. The van der Waals surface area contributed by atoms with Crippen LogP contribution in [0.2, 0.25) is 0 Å². The normalized spacial score (nSPS) is 17.1. The van der Waals surface area contributed by atoms with Gasteiger partial charge in [0.25, 0.3) is 0 Å². The molecule has 1 fully saturated rings. The minimum absolute atomic E-state index is 0.278. The molecule has 1 aromatic rings. The number of unbranched alkanes of at least 4 members (excludes halogenated alkanes) is 1. The number of β-amino-alcohol motifs (C(OH)–C–C–N with tert-alkyl or cyclic N) is 1. The number of piperazine rings is 1. The number of ether oxygens (including phenoxy) is 2. The van der Waals surface area contributed by atoms with Crippen LogP contribution in [0.15, 0.2) is 18.2 Å². The van der Waals surface area contributed by atoms with Crippen molar-refractivity contribution < 1.29 is 14.6 Å². The van der Waals surface area contributed by atoms with Gasteiger partial charge in [-0.15, -0.1) is 0 Å². The molecule has 0 bridgehead atoms. The molecule has 6 heteroatoms. The highest BCUT2D eigenvalue weighted by molar-refractivity contribution is 5.43. The van der Waals surface area contributed by atoms with E-state index >= 15 is 0 Å². The van der Waals surface area contributed by atoms with E-state index in [0.29, 0.717) is 12.3 Å². The summed E-state index contributed by atoms with van der Waals surface area (Å²) in [5, 5.41) is 10.4. The van der Waals surface area contributed by atoms with Gasteiger partial charge in [-0.2, -0.15) is 0 Å². The molecule has 0 unspecified atom stereocenters. The lowest BCUT2D eigenvalue weighted by Crippen LogP contribution is -2.49. The highest BCUT2D eigenvalue weighted by Crippen LogP contribution is 2.28. The van der Waals surface area contributed by atoms with Crippen LogP contribution in [0.25, 0.3) is 0 Å². The third kappa shape index (κ3) is 7.59. The zero-order chi connectivity index (χ0) is 20.4. The fourth-order valence-corrected chi connectivity index (χ4v) is 3.57. The van der Waals surface area contributed by atoms with Crippen LogP contribution in [0, 0.1) is 0 Å². The maximum absolute atomic E-state index is 10.4. The molecule has 28 heavy (non-hydrogen) atoms. The highest BCUT2D eigenvalue weighted by atomic mass is 16.5. The van der Waals surface area contributed by atoms with Gasteiger partial charge in [0.05, 0.1) is 7.11 Å². The quantitative estimate of drug-likeness (QED) is 0.588. The summed E-state index contributed by atoms with van der Waals surface area (Å²) < 4.78 is 11.4. The molecule has 1 aromatic carbocycles. The Morgan fingerprint density at radius 2 is 1.82 bits per heavy atom. The lowest BCUT2D eigenvalue weighted by Gasteiger charge is -2.34. The number of rotatable bonds is 12. The molecule has 1 heterocycles. The molecule has 0 amide bonds. The van der Waals surface area contributed by atoms with Crippen molar-refractivity contribution in [2.75, 3.05) is 66.6 Å². The zero-order valence-corrected chi connectivity index (χ0v) is 18.2. The number of aliphatic hydroxyl groups is 1. The van der Waals surface area contributed by atoms with E-state index in [9.17, 15) is 5.11 Å². The van der Waals surface area contributed by atoms with E-state index in [1.807, 2.05) is 12.1 Å². The number of methoxy groups -OCH3 is 1. The minimum atomic E-state index is -0.502. The number of hydrogen-bond acceptors (Lipinski definition) is 6. The second kappa shape index (κ2) is 12.3. The van der Waals surface area contributed by atoms with E-state index in [4.69, 9.17) is 9.47 Å². The Labute approximate surface area is 171 Å². The first-order chi connectivity index (χ1) is 13.5. The van der Waals surface area contributed by atoms with Crippen LogP contribution in [0.1, 0.15) is 32.3 Å². The van der Waals surface area contributed by atoms with Gasteiger partial charge >= 0.3 is 0 Å². The topological polar surface area (TPSA) is 48.4 Å². The molecule has 1 atom stereocenters. The molecule has 160 valence electrons. The monoisotopic (exact) mass is 393 g/mol. The highest BCUT2D eigenvalue weighted by Gasteiger charge is 2.19. The third-order valence-electron chi connectivity index (χ3n) is 5.39. The molecule has 1 aliphatic rings. The SMILES string of the molecule is CCCCN(C)Cc1ccc(OC[C@@H](O)CN2CCN(CC)CC2)c(OC)c1. The van der Waals surface area contributed by atoms with Crippen molar-refractivity contribution in [3.05, 3.63) is 23.8 Å². The van der Waals surface area contributed by atoms with Gasteiger partial charge in [0.1, 0.15) is 12.7 Å². The lowest BCUT2D eigenvalue weighted by molar-refractivity contribution is 0.0464. The predicted molar refractivity (Wildman–Crippen MR) is 114 cm³/mol. The summed E-state index contributed by atoms with van der Waals surface area (Å²) in [6.45, 7) is 12.6. The van der Waals surface area contributed by atoms with Gasteiger partial charge in [0, 0.05) is 39.3 Å². The molecule has 2 rings (SSSR count). The first-order valence-electron chi connectivity index (χ1n) is 10.7. The molecule has 0 spiro atoms. The predicted octanol–water partition coefficient (Wildman–Crippen LogP) is 2.30. The largest absolute Gasteiger partial charge is 0.493 e. The molecule has 6 nitrogen and oxygen atoms in total. The molecule has 0 saturated carbocycles. The van der Waals surface area contributed by atoms with Crippen molar-refractivity contribution in [1.82, 2.24) is 14.7 Å². The van der Waals surface area contributed by atoms with Crippen LogP contribution >= 0.6 is 0 Å².